The Balaban J connectivity index is 1.81. The van der Waals surface area contributed by atoms with E-state index < -0.39 is 0 Å². The number of nitrogens with one attached hydrogen (secondary N) is 1. The van der Waals surface area contributed by atoms with E-state index in [1.807, 2.05) is 17.9 Å². The van der Waals surface area contributed by atoms with Gasteiger partial charge in [-0.05, 0) is 38.0 Å². The fraction of sp³-hybridized carbons (Fsp3) is 0.385. The molecule has 2 rings (SSSR count). The van der Waals surface area contributed by atoms with E-state index in [0.29, 0.717) is 6.04 Å². The highest BCUT2D eigenvalue weighted by atomic mass is 32.1. The number of pyridine rings is 1. The number of rotatable bonds is 5. The van der Waals surface area contributed by atoms with E-state index in [0.717, 1.165) is 18.7 Å². The van der Waals surface area contributed by atoms with E-state index in [9.17, 15) is 0 Å². The summed E-state index contributed by atoms with van der Waals surface area (Å²) in [7, 11) is 0. The Kier molecular flexibility index (Phi) is 4.23. The third-order valence-electron chi connectivity index (χ3n) is 2.85. The van der Waals surface area contributed by atoms with Crippen LogP contribution in [0.15, 0.2) is 30.0 Å². The maximum Gasteiger partial charge on any atom is 0.0797 e. The Morgan fingerprint density at radius 1 is 1.35 bits per heavy atom. The lowest BCUT2D eigenvalue weighted by molar-refractivity contribution is 0.577. The van der Waals surface area contributed by atoms with Gasteiger partial charge in [0.25, 0.3) is 0 Å². The van der Waals surface area contributed by atoms with Gasteiger partial charge in [-0.1, -0.05) is 0 Å². The Morgan fingerprint density at radius 2 is 2.12 bits per heavy atom. The van der Waals surface area contributed by atoms with E-state index in [4.69, 9.17) is 0 Å². The summed E-state index contributed by atoms with van der Waals surface area (Å²) in [4.78, 5) is 9.66. The van der Waals surface area contributed by atoms with Crippen molar-refractivity contribution in [2.45, 2.75) is 26.3 Å². The molecule has 2 heterocycles. The fourth-order valence-corrected chi connectivity index (χ4v) is 2.52. The van der Waals surface area contributed by atoms with E-state index in [1.54, 1.807) is 11.3 Å². The number of hydrogen-bond acceptors (Lipinski definition) is 4. The molecular weight excluding hydrogens is 230 g/mol. The van der Waals surface area contributed by atoms with Crippen LogP contribution in [0, 0.1) is 6.92 Å². The first-order valence-electron chi connectivity index (χ1n) is 5.79. The normalized spacial score (nSPS) is 12.6. The van der Waals surface area contributed by atoms with Gasteiger partial charge in [0, 0.05) is 29.9 Å². The van der Waals surface area contributed by atoms with Crippen LogP contribution in [0.4, 0.5) is 0 Å². The summed E-state index contributed by atoms with van der Waals surface area (Å²) >= 11 is 1.74. The standard InChI is InChI=1S/C13H17N3S/c1-10(12-3-6-14-7-4-12)15-8-5-13-11(2)16-9-17-13/h3-4,6-7,9-10,15H,5,8H2,1-2H3/t10-/m0/s1. The third kappa shape index (κ3) is 3.35. The second kappa shape index (κ2) is 5.89. The van der Waals surface area contributed by atoms with Crippen LogP contribution in [-0.4, -0.2) is 16.5 Å². The minimum absolute atomic E-state index is 0.367. The molecule has 17 heavy (non-hydrogen) atoms. The van der Waals surface area contributed by atoms with Crippen LogP contribution < -0.4 is 5.32 Å². The van der Waals surface area contributed by atoms with Crippen LogP contribution in [0.3, 0.4) is 0 Å². The molecule has 1 N–H and O–H groups in total. The van der Waals surface area contributed by atoms with Gasteiger partial charge in [0.15, 0.2) is 0 Å². The van der Waals surface area contributed by atoms with Crippen molar-refractivity contribution in [1.82, 2.24) is 15.3 Å². The molecule has 0 fully saturated rings. The predicted octanol–water partition coefficient (Wildman–Crippen LogP) is 2.74. The van der Waals surface area contributed by atoms with E-state index in [1.165, 1.54) is 10.4 Å². The Labute approximate surface area is 106 Å². The molecule has 0 bridgehead atoms. The number of aromatic nitrogens is 2. The molecule has 1 atom stereocenters. The zero-order valence-corrected chi connectivity index (χ0v) is 11.0. The maximum absolute atomic E-state index is 4.26. The van der Waals surface area contributed by atoms with Crippen LogP contribution in [-0.2, 0) is 6.42 Å². The second-order valence-corrected chi connectivity index (χ2v) is 5.01. The van der Waals surface area contributed by atoms with Gasteiger partial charge in [0.05, 0.1) is 11.2 Å². The number of aryl methyl sites for hydroxylation is 1. The largest absolute Gasteiger partial charge is 0.310 e. The molecule has 2 aromatic heterocycles. The van der Waals surface area contributed by atoms with Crippen molar-refractivity contribution in [3.63, 3.8) is 0 Å². The first-order valence-corrected chi connectivity index (χ1v) is 6.67. The molecule has 2 aromatic rings. The fourth-order valence-electron chi connectivity index (χ4n) is 1.74. The zero-order valence-electron chi connectivity index (χ0n) is 10.2. The maximum atomic E-state index is 4.26. The van der Waals surface area contributed by atoms with Crippen LogP contribution in [0.25, 0.3) is 0 Å². The molecule has 0 aliphatic heterocycles. The van der Waals surface area contributed by atoms with E-state index in [2.05, 4.69) is 41.3 Å². The topological polar surface area (TPSA) is 37.8 Å². The van der Waals surface area contributed by atoms with Crippen molar-refractivity contribution in [1.29, 1.82) is 0 Å². The van der Waals surface area contributed by atoms with Crippen molar-refractivity contribution in [2.75, 3.05) is 6.54 Å². The summed E-state index contributed by atoms with van der Waals surface area (Å²) in [5, 5.41) is 3.52. The number of hydrogen-bond donors (Lipinski definition) is 1. The van der Waals surface area contributed by atoms with Gasteiger partial charge in [-0.15, -0.1) is 11.3 Å². The SMILES string of the molecule is Cc1ncsc1CCN[C@@H](C)c1ccncc1. The van der Waals surface area contributed by atoms with Crippen LogP contribution in [0.1, 0.15) is 29.1 Å². The zero-order chi connectivity index (χ0) is 12.1. The van der Waals surface area contributed by atoms with Gasteiger partial charge in [-0.3, -0.25) is 4.98 Å². The Bertz CT molecular complexity index is 453. The minimum atomic E-state index is 0.367. The van der Waals surface area contributed by atoms with Crippen molar-refractivity contribution >= 4 is 11.3 Å². The molecule has 0 saturated carbocycles. The molecule has 0 unspecified atom stereocenters. The van der Waals surface area contributed by atoms with E-state index >= 15 is 0 Å². The average Bonchev–Trinajstić information content (AvgIpc) is 2.76. The lowest BCUT2D eigenvalue weighted by Crippen LogP contribution is -2.21. The Morgan fingerprint density at radius 3 is 2.76 bits per heavy atom. The number of thiazole rings is 1. The first-order chi connectivity index (χ1) is 8.27. The molecule has 0 radical (unpaired) electrons. The van der Waals surface area contributed by atoms with Crippen molar-refractivity contribution < 1.29 is 0 Å². The molecule has 4 heteroatoms. The molecule has 0 amide bonds. The van der Waals surface area contributed by atoms with Crippen LogP contribution >= 0.6 is 11.3 Å². The summed E-state index contributed by atoms with van der Waals surface area (Å²) < 4.78 is 0. The summed E-state index contributed by atoms with van der Waals surface area (Å²) in [6.07, 6.45) is 4.72. The Hall–Kier alpha value is -1.26. The van der Waals surface area contributed by atoms with Crippen LogP contribution in [0.2, 0.25) is 0 Å². The molecule has 90 valence electrons. The van der Waals surface area contributed by atoms with Gasteiger partial charge < -0.3 is 5.32 Å². The minimum Gasteiger partial charge on any atom is -0.310 e. The molecule has 0 aliphatic rings. The number of nitrogens with zero attached hydrogens (tertiary/aromatic N) is 2. The lowest BCUT2D eigenvalue weighted by atomic mass is 10.1. The molecule has 3 nitrogen and oxygen atoms in total. The highest BCUT2D eigenvalue weighted by Crippen LogP contribution is 2.14. The quantitative estimate of drug-likeness (QED) is 0.883. The monoisotopic (exact) mass is 247 g/mol. The van der Waals surface area contributed by atoms with Gasteiger partial charge in [-0.2, -0.15) is 0 Å². The second-order valence-electron chi connectivity index (χ2n) is 4.07. The molecule has 0 aromatic carbocycles. The van der Waals surface area contributed by atoms with Crippen molar-refractivity contribution in [2.24, 2.45) is 0 Å². The molecule has 0 saturated heterocycles. The van der Waals surface area contributed by atoms with Gasteiger partial charge in [0.1, 0.15) is 0 Å². The van der Waals surface area contributed by atoms with Gasteiger partial charge >= 0.3 is 0 Å². The van der Waals surface area contributed by atoms with Gasteiger partial charge in [0.2, 0.25) is 0 Å². The summed E-state index contributed by atoms with van der Waals surface area (Å²) in [6, 6.07) is 4.47. The molecular formula is C13H17N3S. The smallest absolute Gasteiger partial charge is 0.0797 e. The first kappa shape index (κ1) is 12.2. The van der Waals surface area contributed by atoms with Crippen molar-refractivity contribution in [3.05, 3.63) is 46.2 Å². The highest BCUT2D eigenvalue weighted by molar-refractivity contribution is 7.09. The van der Waals surface area contributed by atoms with Crippen molar-refractivity contribution in [3.8, 4) is 0 Å². The lowest BCUT2D eigenvalue weighted by Gasteiger charge is -2.13. The van der Waals surface area contributed by atoms with Crippen LogP contribution in [0.5, 0.6) is 0 Å². The highest BCUT2D eigenvalue weighted by Gasteiger charge is 2.05. The van der Waals surface area contributed by atoms with Gasteiger partial charge in [-0.25, -0.2) is 4.98 Å². The molecule has 0 aliphatic carbocycles. The summed E-state index contributed by atoms with van der Waals surface area (Å²) in [6.45, 7) is 5.22. The average molecular weight is 247 g/mol. The third-order valence-corrected chi connectivity index (χ3v) is 3.85. The summed E-state index contributed by atoms with van der Waals surface area (Å²) in [5.41, 5.74) is 4.35. The summed E-state index contributed by atoms with van der Waals surface area (Å²) in [5.74, 6) is 0. The van der Waals surface area contributed by atoms with E-state index in [-0.39, 0.29) is 0 Å². The molecule has 0 spiro atoms. The predicted molar refractivity (Wildman–Crippen MR) is 71.2 cm³/mol.